The molecule has 1 unspecified atom stereocenters. The second-order valence-electron chi connectivity index (χ2n) is 4.95. The van der Waals surface area contributed by atoms with E-state index in [9.17, 15) is 4.79 Å². The summed E-state index contributed by atoms with van der Waals surface area (Å²) in [6.45, 7) is 2.46. The molecule has 5 nitrogen and oxygen atoms in total. The SMILES string of the molecule is CC(C(=O)Nc1ccc(N)cc1Cl)N(C)Cc1ccoc1. The molecule has 0 saturated carbocycles. The quantitative estimate of drug-likeness (QED) is 0.833. The van der Waals surface area contributed by atoms with Crippen LogP contribution in [0.5, 0.6) is 0 Å². The highest BCUT2D eigenvalue weighted by Gasteiger charge is 2.19. The first-order valence-electron chi connectivity index (χ1n) is 6.54. The molecule has 3 N–H and O–H groups in total. The van der Waals surface area contributed by atoms with Gasteiger partial charge in [-0.2, -0.15) is 0 Å². The summed E-state index contributed by atoms with van der Waals surface area (Å²) < 4.78 is 5.02. The molecule has 0 aliphatic carbocycles. The number of rotatable bonds is 5. The van der Waals surface area contributed by atoms with Crippen molar-refractivity contribution in [2.24, 2.45) is 0 Å². The molecule has 2 rings (SSSR count). The van der Waals surface area contributed by atoms with Crippen LogP contribution in [0.3, 0.4) is 0 Å². The van der Waals surface area contributed by atoms with Crippen molar-refractivity contribution in [3.8, 4) is 0 Å². The number of hydrogen-bond acceptors (Lipinski definition) is 4. The van der Waals surface area contributed by atoms with Crippen molar-refractivity contribution in [3.63, 3.8) is 0 Å². The number of likely N-dealkylation sites (N-methyl/N-ethyl adjacent to an activating group) is 1. The van der Waals surface area contributed by atoms with Gasteiger partial charge in [-0.25, -0.2) is 0 Å². The van der Waals surface area contributed by atoms with Crippen molar-refractivity contribution in [3.05, 3.63) is 47.4 Å². The lowest BCUT2D eigenvalue weighted by molar-refractivity contribution is -0.120. The second kappa shape index (κ2) is 6.65. The van der Waals surface area contributed by atoms with E-state index in [0.29, 0.717) is 22.9 Å². The fraction of sp³-hybridized carbons (Fsp3) is 0.267. The Morgan fingerprint density at radius 1 is 1.48 bits per heavy atom. The maximum atomic E-state index is 12.3. The van der Waals surface area contributed by atoms with Gasteiger partial charge < -0.3 is 15.5 Å². The Hall–Kier alpha value is -1.98. The van der Waals surface area contributed by atoms with E-state index >= 15 is 0 Å². The molecule has 1 aromatic heterocycles. The van der Waals surface area contributed by atoms with Crippen LogP contribution >= 0.6 is 11.6 Å². The number of halogens is 1. The van der Waals surface area contributed by atoms with Gasteiger partial charge in [0.05, 0.1) is 29.3 Å². The molecule has 1 heterocycles. The van der Waals surface area contributed by atoms with Crippen molar-refractivity contribution in [2.75, 3.05) is 18.1 Å². The van der Waals surface area contributed by atoms with E-state index < -0.39 is 0 Å². The average molecular weight is 308 g/mol. The lowest BCUT2D eigenvalue weighted by Crippen LogP contribution is -2.39. The van der Waals surface area contributed by atoms with Gasteiger partial charge in [0, 0.05) is 17.8 Å². The maximum Gasteiger partial charge on any atom is 0.241 e. The summed E-state index contributed by atoms with van der Waals surface area (Å²) in [7, 11) is 1.88. The number of carbonyl (C=O) groups is 1. The zero-order valence-corrected chi connectivity index (χ0v) is 12.7. The minimum Gasteiger partial charge on any atom is -0.472 e. The van der Waals surface area contributed by atoms with E-state index in [0.717, 1.165) is 5.56 Å². The number of nitrogen functional groups attached to an aromatic ring is 1. The maximum absolute atomic E-state index is 12.3. The van der Waals surface area contributed by atoms with E-state index in [1.807, 2.05) is 24.9 Å². The Bertz CT molecular complexity index is 613. The minimum absolute atomic E-state index is 0.132. The normalized spacial score (nSPS) is 12.4. The lowest BCUT2D eigenvalue weighted by atomic mass is 10.2. The van der Waals surface area contributed by atoms with Gasteiger partial charge >= 0.3 is 0 Å². The molecule has 112 valence electrons. The largest absolute Gasteiger partial charge is 0.472 e. The molecule has 1 amide bonds. The number of anilines is 2. The molecule has 21 heavy (non-hydrogen) atoms. The summed E-state index contributed by atoms with van der Waals surface area (Å²) in [6.07, 6.45) is 3.28. The number of furan rings is 1. The molecule has 0 spiro atoms. The van der Waals surface area contributed by atoms with E-state index in [1.165, 1.54) is 0 Å². The molecule has 0 bridgehead atoms. The third kappa shape index (κ3) is 4.00. The van der Waals surface area contributed by atoms with Crippen LogP contribution in [0.25, 0.3) is 0 Å². The van der Waals surface area contributed by atoms with Gasteiger partial charge in [0.1, 0.15) is 0 Å². The predicted octanol–water partition coefficient (Wildman–Crippen LogP) is 2.97. The van der Waals surface area contributed by atoms with E-state index in [-0.39, 0.29) is 11.9 Å². The van der Waals surface area contributed by atoms with Crippen LogP contribution in [-0.2, 0) is 11.3 Å². The number of carbonyl (C=O) groups excluding carboxylic acids is 1. The molecule has 0 fully saturated rings. The Morgan fingerprint density at radius 2 is 2.24 bits per heavy atom. The van der Waals surface area contributed by atoms with Crippen LogP contribution in [0.1, 0.15) is 12.5 Å². The van der Waals surface area contributed by atoms with Crippen LogP contribution in [0, 0.1) is 0 Å². The zero-order valence-electron chi connectivity index (χ0n) is 12.0. The average Bonchev–Trinajstić information content (AvgIpc) is 2.93. The number of nitrogens with one attached hydrogen (secondary N) is 1. The Morgan fingerprint density at radius 3 is 2.86 bits per heavy atom. The van der Waals surface area contributed by atoms with Crippen LogP contribution < -0.4 is 11.1 Å². The number of nitrogens with zero attached hydrogens (tertiary/aromatic N) is 1. The number of nitrogens with two attached hydrogens (primary N) is 1. The topological polar surface area (TPSA) is 71.5 Å². The van der Waals surface area contributed by atoms with Gasteiger partial charge in [-0.05, 0) is 38.2 Å². The van der Waals surface area contributed by atoms with E-state index in [4.69, 9.17) is 21.8 Å². The van der Waals surface area contributed by atoms with Crippen molar-refractivity contribution in [1.29, 1.82) is 0 Å². The number of hydrogen-bond donors (Lipinski definition) is 2. The monoisotopic (exact) mass is 307 g/mol. The molecule has 1 atom stereocenters. The van der Waals surface area contributed by atoms with Crippen molar-refractivity contribution < 1.29 is 9.21 Å². The highest BCUT2D eigenvalue weighted by molar-refractivity contribution is 6.34. The van der Waals surface area contributed by atoms with E-state index in [1.54, 1.807) is 30.7 Å². The summed E-state index contributed by atoms with van der Waals surface area (Å²) in [5.41, 5.74) is 7.76. The Labute approximate surface area is 128 Å². The summed E-state index contributed by atoms with van der Waals surface area (Å²) in [6, 6.07) is 6.56. The van der Waals surface area contributed by atoms with Gasteiger partial charge in [-0.1, -0.05) is 11.6 Å². The molecule has 6 heteroatoms. The summed E-state index contributed by atoms with van der Waals surface area (Å²) >= 11 is 6.05. The fourth-order valence-electron chi connectivity index (χ4n) is 1.88. The predicted molar refractivity (Wildman–Crippen MR) is 84.1 cm³/mol. The summed E-state index contributed by atoms with van der Waals surface area (Å²) in [4.78, 5) is 14.2. The van der Waals surface area contributed by atoms with Crippen molar-refractivity contribution in [2.45, 2.75) is 19.5 Å². The van der Waals surface area contributed by atoms with Crippen LogP contribution in [0.15, 0.2) is 41.2 Å². The molecule has 0 aliphatic rings. The highest BCUT2D eigenvalue weighted by atomic mass is 35.5. The first-order chi connectivity index (χ1) is 9.97. The van der Waals surface area contributed by atoms with Crippen LogP contribution in [0.4, 0.5) is 11.4 Å². The van der Waals surface area contributed by atoms with Gasteiger partial charge in [0.25, 0.3) is 0 Å². The third-order valence-corrected chi connectivity index (χ3v) is 3.62. The zero-order chi connectivity index (χ0) is 15.4. The number of benzene rings is 1. The Balaban J connectivity index is 1.98. The van der Waals surface area contributed by atoms with Crippen molar-refractivity contribution >= 4 is 28.9 Å². The van der Waals surface area contributed by atoms with Crippen LogP contribution in [0.2, 0.25) is 5.02 Å². The first-order valence-corrected chi connectivity index (χ1v) is 6.92. The van der Waals surface area contributed by atoms with Gasteiger partial charge in [0.2, 0.25) is 5.91 Å². The van der Waals surface area contributed by atoms with Gasteiger partial charge in [-0.3, -0.25) is 9.69 Å². The molecule has 0 aliphatic heterocycles. The van der Waals surface area contributed by atoms with E-state index in [2.05, 4.69) is 5.32 Å². The molecule has 2 aromatic rings. The highest BCUT2D eigenvalue weighted by Crippen LogP contribution is 2.24. The fourth-order valence-corrected chi connectivity index (χ4v) is 2.11. The van der Waals surface area contributed by atoms with Crippen molar-refractivity contribution in [1.82, 2.24) is 4.90 Å². The Kier molecular flexibility index (Phi) is 4.88. The first kappa shape index (κ1) is 15.4. The third-order valence-electron chi connectivity index (χ3n) is 3.30. The molecule has 0 radical (unpaired) electrons. The molecular weight excluding hydrogens is 290 g/mol. The smallest absolute Gasteiger partial charge is 0.241 e. The van der Waals surface area contributed by atoms with Crippen LogP contribution in [-0.4, -0.2) is 23.9 Å². The second-order valence-corrected chi connectivity index (χ2v) is 5.36. The minimum atomic E-state index is -0.312. The summed E-state index contributed by atoms with van der Waals surface area (Å²) in [5, 5.41) is 3.23. The molecular formula is C15H18ClN3O2. The van der Waals surface area contributed by atoms with Gasteiger partial charge in [0.15, 0.2) is 0 Å². The summed E-state index contributed by atoms with van der Waals surface area (Å²) in [5.74, 6) is -0.132. The standard InChI is InChI=1S/C15H18ClN3O2/c1-10(19(2)8-11-5-6-21-9-11)15(20)18-14-4-3-12(17)7-13(14)16/h3-7,9-10H,8,17H2,1-2H3,(H,18,20). The number of amides is 1. The lowest BCUT2D eigenvalue weighted by Gasteiger charge is -2.23. The molecule has 1 aromatic carbocycles. The van der Waals surface area contributed by atoms with Gasteiger partial charge in [-0.15, -0.1) is 0 Å². The molecule has 0 saturated heterocycles.